The second kappa shape index (κ2) is 9.99. The first-order valence-corrected chi connectivity index (χ1v) is 13.9. The minimum Gasteiger partial charge on any atom is -0.454 e. The number of amides is 2. The molecule has 7 rings (SSSR count). The number of rotatable bonds is 6. The van der Waals surface area contributed by atoms with E-state index in [0.29, 0.717) is 32.9 Å². The van der Waals surface area contributed by atoms with Crippen molar-refractivity contribution in [3.8, 4) is 11.3 Å². The van der Waals surface area contributed by atoms with Crippen molar-refractivity contribution >= 4 is 51.8 Å². The minimum absolute atomic E-state index is 0.122. The molecule has 2 amide bonds. The molecule has 3 aliphatic rings. The van der Waals surface area contributed by atoms with Gasteiger partial charge in [0.1, 0.15) is 5.82 Å². The Balaban J connectivity index is 1.17. The number of ether oxygens (including phenoxy) is 1. The van der Waals surface area contributed by atoms with Crippen LogP contribution in [0, 0.1) is 29.5 Å². The third-order valence-electron chi connectivity index (χ3n) is 8.40. The fourth-order valence-corrected chi connectivity index (χ4v) is 6.61. The number of nitrogens with zero attached hydrogens (tertiary/aromatic N) is 2. The van der Waals surface area contributed by atoms with Gasteiger partial charge in [-0.1, -0.05) is 48.0 Å². The lowest BCUT2D eigenvalue weighted by Crippen LogP contribution is -2.32. The molecular weight excluding hydrogens is 559 g/mol. The predicted molar refractivity (Wildman–Crippen MR) is 153 cm³/mol. The van der Waals surface area contributed by atoms with Crippen molar-refractivity contribution < 1.29 is 28.3 Å². The summed E-state index contributed by atoms with van der Waals surface area (Å²) in [6, 6.07) is 18.4. The van der Waals surface area contributed by atoms with Gasteiger partial charge in [0.25, 0.3) is 0 Å². The molecule has 1 aliphatic heterocycles. The number of halogens is 2. The SMILES string of the molecule is O=C(COC(=O)c1cc(-c2ccc(N3C(=O)C4C5C=CC(C5)C4C3=O)cc2)nc2c(Cl)cccc12)c1ccc(F)cc1. The highest BCUT2D eigenvalue weighted by Gasteiger charge is 2.59. The van der Waals surface area contributed by atoms with Gasteiger partial charge in [0.05, 0.1) is 39.3 Å². The van der Waals surface area contributed by atoms with Gasteiger partial charge in [0.15, 0.2) is 12.4 Å². The lowest BCUT2D eigenvalue weighted by Gasteiger charge is -2.18. The van der Waals surface area contributed by atoms with Crippen LogP contribution in [-0.4, -0.2) is 35.2 Å². The van der Waals surface area contributed by atoms with Gasteiger partial charge >= 0.3 is 5.97 Å². The average Bonchev–Trinajstić information content (AvgIpc) is 3.69. The lowest BCUT2D eigenvalue weighted by molar-refractivity contribution is -0.123. The number of carbonyl (C=O) groups excluding carboxylic acids is 4. The number of Topliss-reactive ketones (excluding diaryl/α,β-unsaturated/α-hetero) is 1. The van der Waals surface area contributed by atoms with Crippen molar-refractivity contribution in [3.05, 3.63) is 107 Å². The molecule has 1 saturated heterocycles. The molecule has 2 heterocycles. The molecule has 2 aliphatic carbocycles. The van der Waals surface area contributed by atoms with E-state index in [1.807, 2.05) is 0 Å². The first-order chi connectivity index (χ1) is 20.3. The summed E-state index contributed by atoms with van der Waals surface area (Å²) in [5.74, 6) is -2.37. The highest BCUT2D eigenvalue weighted by atomic mass is 35.5. The number of fused-ring (bicyclic) bond motifs is 6. The van der Waals surface area contributed by atoms with Gasteiger partial charge in [0.2, 0.25) is 11.8 Å². The number of aromatic nitrogens is 1. The number of benzene rings is 3. The maximum Gasteiger partial charge on any atom is 0.339 e. The molecule has 3 aromatic carbocycles. The number of pyridine rings is 1. The molecule has 0 spiro atoms. The molecule has 2 bridgehead atoms. The fourth-order valence-electron chi connectivity index (χ4n) is 6.40. The van der Waals surface area contributed by atoms with Gasteiger partial charge in [-0.3, -0.25) is 19.3 Å². The van der Waals surface area contributed by atoms with Gasteiger partial charge in [-0.2, -0.15) is 0 Å². The normalized spacial score (nSPS) is 22.2. The van der Waals surface area contributed by atoms with E-state index in [0.717, 1.165) is 18.6 Å². The molecule has 208 valence electrons. The maximum absolute atomic E-state index is 13.2. The van der Waals surface area contributed by atoms with Gasteiger partial charge < -0.3 is 4.74 Å². The summed E-state index contributed by atoms with van der Waals surface area (Å²) in [6.45, 7) is -0.532. The Morgan fingerprint density at radius 2 is 1.60 bits per heavy atom. The summed E-state index contributed by atoms with van der Waals surface area (Å²) >= 11 is 6.45. The zero-order valence-corrected chi connectivity index (χ0v) is 22.8. The van der Waals surface area contributed by atoms with Crippen LogP contribution in [0.2, 0.25) is 5.02 Å². The first-order valence-electron chi connectivity index (χ1n) is 13.5. The van der Waals surface area contributed by atoms with Crippen LogP contribution >= 0.6 is 11.6 Å². The second-order valence-corrected chi connectivity index (χ2v) is 11.2. The van der Waals surface area contributed by atoms with Gasteiger partial charge in [-0.25, -0.2) is 14.2 Å². The molecular formula is C33H22ClFN2O5. The fraction of sp³-hybridized carbons (Fsp3) is 0.182. The topological polar surface area (TPSA) is 93.6 Å². The van der Waals surface area contributed by atoms with Crippen molar-refractivity contribution in [1.29, 1.82) is 0 Å². The van der Waals surface area contributed by atoms with Crippen molar-refractivity contribution in [2.24, 2.45) is 23.7 Å². The third kappa shape index (κ3) is 4.21. The van der Waals surface area contributed by atoms with Crippen LogP contribution in [0.25, 0.3) is 22.2 Å². The number of allylic oxidation sites excluding steroid dienone is 2. The van der Waals surface area contributed by atoms with E-state index in [1.54, 1.807) is 48.5 Å². The smallest absolute Gasteiger partial charge is 0.339 e. The van der Waals surface area contributed by atoms with E-state index in [4.69, 9.17) is 16.3 Å². The van der Waals surface area contributed by atoms with Crippen LogP contribution < -0.4 is 4.90 Å². The van der Waals surface area contributed by atoms with Crippen molar-refractivity contribution in [2.75, 3.05) is 11.5 Å². The Morgan fingerprint density at radius 3 is 2.26 bits per heavy atom. The standard InChI is InChI=1S/C33H22ClFN2O5/c34-25-3-1-2-23-24(33(41)42-16-27(38)18-6-10-21(35)11-7-18)15-26(36-30(23)25)17-8-12-22(13-9-17)37-31(39)28-19-4-5-20(14-19)29(28)32(37)40/h1-13,15,19-20,28-29H,14,16H2. The van der Waals surface area contributed by atoms with E-state index in [1.165, 1.54) is 17.0 Å². The molecule has 42 heavy (non-hydrogen) atoms. The van der Waals surface area contributed by atoms with Crippen molar-refractivity contribution in [2.45, 2.75) is 6.42 Å². The lowest BCUT2D eigenvalue weighted by atomic mass is 9.85. The molecule has 0 N–H and O–H groups in total. The summed E-state index contributed by atoms with van der Waals surface area (Å²) in [7, 11) is 0. The minimum atomic E-state index is -0.749. The average molecular weight is 581 g/mol. The summed E-state index contributed by atoms with van der Waals surface area (Å²) in [4.78, 5) is 58.1. The molecule has 1 aromatic heterocycles. The molecule has 7 nitrogen and oxygen atoms in total. The van der Waals surface area contributed by atoms with Crippen LogP contribution in [0.5, 0.6) is 0 Å². The zero-order valence-electron chi connectivity index (χ0n) is 22.0. The zero-order chi connectivity index (χ0) is 29.1. The third-order valence-corrected chi connectivity index (χ3v) is 8.71. The number of ketones is 1. The molecule has 4 aromatic rings. The van der Waals surface area contributed by atoms with Crippen LogP contribution in [0.4, 0.5) is 10.1 Å². The van der Waals surface area contributed by atoms with Gasteiger partial charge in [-0.15, -0.1) is 0 Å². The van der Waals surface area contributed by atoms with Gasteiger partial charge in [0, 0.05) is 16.5 Å². The number of carbonyl (C=O) groups is 4. The Hall–Kier alpha value is -4.69. The number of imide groups is 1. The molecule has 4 unspecified atom stereocenters. The van der Waals surface area contributed by atoms with Crippen LogP contribution in [-0.2, 0) is 14.3 Å². The number of hydrogen-bond acceptors (Lipinski definition) is 6. The van der Waals surface area contributed by atoms with Gasteiger partial charge in [-0.05, 0) is 66.8 Å². The van der Waals surface area contributed by atoms with E-state index >= 15 is 0 Å². The highest BCUT2D eigenvalue weighted by molar-refractivity contribution is 6.35. The second-order valence-electron chi connectivity index (χ2n) is 10.8. The summed E-state index contributed by atoms with van der Waals surface area (Å²) < 4.78 is 18.6. The Morgan fingerprint density at radius 1 is 0.929 bits per heavy atom. The van der Waals surface area contributed by atoms with E-state index < -0.39 is 24.2 Å². The maximum atomic E-state index is 13.2. The monoisotopic (exact) mass is 580 g/mol. The number of anilines is 1. The Kier molecular flexibility index (Phi) is 6.24. The Labute approximate surface area is 244 Å². The van der Waals surface area contributed by atoms with E-state index in [2.05, 4.69) is 17.1 Å². The van der Waals surface area contributed by atoms with Crippen LogP contribution in [0.15, 0.2) is 84.9 Å². The van der Waals surface area contributed by atoms with Crippen molar-refractivity contribution in [1.82, 2.24) is 4.98 Å². The number of para-hydroxylation sites is 1. The van der Waals surface area contributed by atoms with Crippen LogP contribution in [0.3, 0.4) is 0 Å². The molecule has 2 fully saturated rings. The Bertz CT molecular complexity index is 1810. The summed E-state index contributed by atoms with van der Waals surface area (Å²) in [5, 5.41) is 0.774. The highest BCUT2D eigenvalue weighted by Crippen LogP contribution is 2.53. The van der Waals surface area contributed by atoms with E-state index in [9.17, 15) is 23.6 Å². The summed E-state index contributed by atoms with van der Waals surface area (Å²) in [6.07, 6.45) is 4.98. The molecule has 1 saturated carbocycles. The first kappa shape index (κ1) is 26.2. The largest absolute Gasteiger partial charge is 0.454 e. The van der Waals surface area contributed by atoms with E-state index in [-0.39, 0.29) is 46.6 Å². The van der Waals surface area contributed by atoms with Crippen LogP contribution in [0.1, 0.15) is 27.1 Å². The van der Waals surface area contributed by atoms with Crippen molar-refractivity contribution in [3.63, 3.8) is 0 Å². The summed E-state index contributed by atoms with van der Waals surface area (Å²) in [5.41, 5.74) is 2.28. The number of esters is 1. The molecule has 9 heteroatoms. The molecule has 4 atom stereocenters. The quantitative estimate of drug-likeness (QED) is 0.119. The molecule has 0 radical (unpaired) electrons. The number of hydrogen-bond donors (Lipinski definition) is 0. The predicted octanol–water partition coefficient (Wildman–Crippen LogP) is 6.05.